The number of ether oxygens (including phenoxy) is 1. The quantitative estimate of drug-likeness (QED) is 0.806. The van der Waals surface area contributed by atoms with E-state index in [1.54, 1.807) is 0 Å². The van der Waals surface area contributed by atoms with Gasteiger partial charge >= 0.3 is 0 Å². The summed E-state index contributed by atoms with van der Waals surface area (Å²) in [4.78, 5) is 17.6. The molecule has 0 saturated carbocycles. The fourth-order valence-corrected chi connectivity index (χ4v) is 4.15. The lowest BCUT2D eigenvalue weighted by atomic mass is 10.1. The maximum atomic E-state index is 12.8. The van der Waals surface area contributed by atoms with Crippen LogP contribution >= 0.6 is 0 Å². The lowest BCUT2D eigenvalue weighted by Crippen LogP contribution is -2.35. The minimum Gasteiger partial charge on any atom is -0.464 e. The van der Waals surface area contributed by atoms with Gasteiger partial charge in [0.15, 0.2) is 0 Å². The van der Waals surface area contributed by atoms with E-state index in [0.29, 0.717) is 17.9 Å². The Hall–Kier alpha value is -2.15. The Kier molecular flexibility index (Phi) is 6.64. The molecular weight excluding hydrogens is 366 g/mol. The Morgan fingerprint density at radius 1 is 1.00 bits per heavy atom. The molecule has 156 valence electrons. The van der Waals surface area contributed by atoms with E-state index in [2.05, 4.69) is 27.2 Å². The van der Waals surface area contributed by atoms with E-state index in [0.717, 1.165) is 57.4 Å². The number of amides is 1. The van der Waals surface area contributed by atoms with Crippen LogP contribution in [0.15, 0.2) is 34.7 Å². The Balaban J connectivity index is 1.38. The zero-order valence-corrected chi connectivity index (χ0v) is 17.3. The summed E-state index contributed by atoms with van der Waals surface area (Å²) in [6, 6.07) is 10.0. The molecule has 0 unspecified atom stereocenters. The van der Waals surface area contributed by atoms with Gasteiger partial charge in [0.25, 0.3) is 5.91 Å². The van der Waals surface area contributed by atoms with Crippen LogP contribution in [0.25, 0.3) is 0 Å². The largest absolute Gasteiger partial charge is 0.464 e. The second-order valence-electron chi connectivity index (χ2n) is 8.06. The molecule has 3 heterocycles. The Morgan fingerprint density at radius 3 is 2.55 bits per heavy atom. The summed E-state index contributed by atoms with van der Waals surface area (Å²) in [6.07, 6.45) is 3.90. The van der Waals surface area contributed by atoms with Gasteiger partial charge in [-0.15, -0.1) is 0 Å². The molecule has 6 heteroatoms. The summed E-state index contributed by atoms with van der Waals surface area (Å²) in [5.74, 6) is 1.37. The summed E-state index contributed by atoms with van der Waals surface area (Å²) < 4.78 is 11.2. The van der Waals surface area contributed by atoms with Crippen LogP contribution in [0.3, 0.4) is 0 Å². The van der Waals surface area contributed by atoms with Crippen LogP contribution in [0.5, 0.6) is 0 Å². The maximum Gasteiger partial charge on any atom is 0.259 e. The monoisotopic (exact) mass is 397 g/mol. The highest BCUT2D eigenvalue weighted by atomic mass is 16.5. The highest BCUT2D eigenvalue weighted by Gasteiger charge is 2.18. The predicted molar refractivity (Wildman–Crippen MR) is 113 cm³/mol. The van der Waals surface area contributed by atoms with Gasteiger partial charge < -0.3 is 14.5 Å². The number of carbonyl (C=O) groups is 1. The first-order chi connectivity index (χ1) is 14.2. The number of carbonyl (C=O) groups excluding carboxylic acids is 1. The standard InChI is InChI=1S/C23H31N3O3/c1-18-22(15-21(29-18)17-26-10-12-28-13-11-26)23(27)24-20-7-5-6-19(14-20)16-25-8-3-2-4-9-25/h5-7,14-15H,2-4,8-13,16-17H2,1H3,(H,24,27). The van der Waals surface area contributed by atoms with Crippen molar-refractivity contribution in [3.05, 3.63) is 53.0 Å². The molecule has 2 saturated heterocycles. The molecule has 2 fully saturated rings. The Morgan fingerprint density at radius 2 is 1.76 bits per heavy atom. The van der Waals surface area contributed by atoms with E-state index in [9.17, 15) is 4.79 Å². The third-order valence-electron chi connectivity index (χ3n) is 5.74. The fourth-order valence-electron chi connectivity index (χ4n) is 4.15. The molecule has 0 atom stereocenters. The summed E-state index contributed by atoms with van der Waals surface area (Å²) in [6.45, 7) is 9.12. The molecule has 29 heavy (non-hydrogen) atoms. The molecule has 1 aromatic heterocycles. The first-order valence-corrected chi connectivity index (χ1v) is 10.7. The maximum absolute atomic E-state index is 12.8. The second-order valence-corrected chi connectivity index (χ2v) is 8.06. The van der Waals surface area contributed by atoms with Gasteiger partial charge in [0.2, 0.25) is 0 Å². The van der Waals surface area contributed by atoms with Crippen LogP contribution in [0, 0.1) is 6.92 Å². The summed E-state index contributed by atoms with van der Waals surface area (Å²) in [5, 5.41) is 3.04. The molecule has 0 aliphatic carbocycles. The zero-order chi connectivity index (χ0) is 20.1. The smallest absolute Gasteiger partial charge is 0.259 e. The first kappa shape index (κ1) is 20.1. The lowest BCUT2D eigenvalue weighted by molar-refractivity contribution is 0.0312. The highest BCUT2D eigenvalue weighted by molar-refractivity contribution is 6.05. The average molecular weight is 398 g/mol. The normalized spacial score (nSPS) is 18.7. The molecule has 0 radical (unpaired) electrons. The lowest BCUT2D eigenvalue weighted by Gasteiger charge is -2.26. The van der Waals surface area contributed by atoms with Gasteiger partial charge in [-0.05, 0) is 56.6 Å². The molecular formula is C23H31N3O3. The van der Waals surface area contributed by atoms with E-state index >= 15 is 0 Å². The molecule has 6 nitrogen and oxygen atoms in total. The molecule has 4 rings (SSSR count). The van der Waals surface area contributed by atoms with Crippen molar-refractivity contribution in [2.45, 2.75) is 39.3 Å². The summed E-state index contributed by atoms with van der Waals surface area (Å²) in [7, 11) is 0. The van der Waals surface area contributed by atoms with Crippen molar-refractivity contribution >= 4 is 11.6 Å². The van der Waals surface area contributed by atoms with Crippen molar-refractivity contribution in [3.63, 3.8) is 0 Å². The Bertz CT molecular complexity index is 821. The van der Waals surface area contributed by atoms with Crippen LogP contribution in [-0.4, -0.2) is 55.1 Å². The van der Waals surface area contributed by atoms with E-state index in [-0.39, 0.29) is 5.91 Å². The number of aryl methyl sites for hydroxylation is 1. The zero-order valence-electron chi connectivity index (χ0n) is 17.3. The molecule has 0 bridgehead atoms. The molecule has 2 aliphatic heterocycles. The van der Waals surface area contributed by atoms with E-state index in [1.165, 1.54) is 24.8 Å². The van der Waals surface area contributed by atoms with Crippen molar-refractivity contribution in [2.24, 2.45) is 0 Å². The van der Waals surface area contributed by atoms with Crippen LogP contribution in [0.4, 0.5) is 5.69 Å². The molecule has 1 N–H and O–H groups in total. The van der Waals surface area contributed by atoms with Crippen LogP contribution < -0.4 is 5.32 Å². The van der Waals surface area contributed by atoms with Gasteiger partial charge in [-0.25, -0.2) is 0 Å². The van der Waals surface area contributed by atoms with Crippen LogP contribution in [0.1, 0.15) is 46.7 Å². The molecule has 1 amide bonds. The highest BCUT2D eigenvalue weighted by Crippen LogP contribution is 2.20. The number of nitrogens with one attached hydrogen (secondary N) is 1. The van der Waals surface area contributed by atoms with Crippen LogP contribution in [-0.2, 0) is 17.8 Å². The van der Waals surface area contributed by atoms with Gasteiger partial charge in [0.05, 0.1) is 25.3 Å². The van der Waals surface area contributed by atoms with Gasteiger partial charge in [0.1, 0.15) is 11.5 Å². The van der Waals surface area contributed by atoms with E-state index in [4.69, 9.17) is 9.15 Å². The number of hydrogen-bond donors (Lipinski definition) is 1. The van der Waals surface area contributed by atoms with E-state index in [1.807, 2.05) is 25.1 Å². The van der Waals surface area contributed by atoms with Gasteiger partial charge in [0, 0.05) is 25.3 Å². The predicted octanol–water partition coefficient (Wildman–Crippen LogP) is 3.66. The number of morpholine rings is 1. The number of likely N-dealkylation sites (tertiary alicyclic amines) is 1. The van der Waals surface area contributed by atoms with Crippen molar-refractivity contribution < 1.29 is 13.9 Å². The van der Waals surface area contributed by atoms with Gasteiger partial charge in [-0.2, -0.15) is 0 Å². The van der Waals surface area contributed by atoms with E-state index < -0.39 is 0 Å². The van der Waals surface area contributed by atoms with Crippen LogP contribution in [0.2, 0.25) is 0 Å². The number of benzene rings is 1. The first-order valence-electron chi connectivity index (χ1n) is 10.7. The molecule has 1 aromatic carbocycles. The van der Waals surface area contributed by atoms with Gasteiger partial charge in [-0.1, -0.05) is 18.6 Å². The molecule has 2 aliphatic rings. The number of rotatable bonds is 6. The summed E-state index contributed by atoms with van der Waals surface area (Å²) >= 11 is 0. The number of anilines is 1. The van der Waals surface area contributed by atoms with Gasteiger partial charge in [-0.3, -0.25) is 14.6 Å². The SMILES string of the molecule is Cc1oc(CN2CCOCC2)cc1C(=O)Nc1cccc(CN2CCCCC2)c1. The third kappa shape index (κ3) is 5.47. The minimum absolute atomic E-state index is 0.116. The number of piperidine rings is 1. The average Bonchev–Trinajstić information content (AvgIpc) is 3.10. The Labute approximate surface area is 172 Å². The van der Waals surface area contributed by atoms with Crippen molar-refractivity contribution in [2.75, 3.05) is 44.7 Å². The van der Waals surface area contributed by atoms with Crippen molar-refractivity contribution in [1.29, 1.82) is 0 Å². The molecule has 0 spiro atoms. The number of furan rings is 1. The van der Waals surface area contributed by atoms with Crippen molar-refractivity contribution in [3.8, 4) is 0 Å². The minimum atomic E-state index is -0.116. The second kappa shape index (κ2) is 9.57. The topological polar surface area (TPSA) is 58.0 Å². The number of nitrogens with zero attached hydrogens (tertiary/aromatic N) is 2. The molecule has 2 aromatic rings. The number of hydrogen-bond acceptors (Lipinski definition) is 5. The van der Waals surface area contributed by atoms with Crippen molar-refractivity contribution in [1.82, 2.24) is 9.80 Å². The summed E-state index contributed by atoms with van der Waals surface area (Å²) in [5.41, 5.74) is 2.68. The fraction of sp³-hybridized carbons (Fsp3) is 0.522. The third-order valence-corrected chi connectivity index (χ3v) is 5.74.